The summed E-state index contributed by atoms with van der Waals surface area (Å²) in [5, 5.41) is 37.5. The normalized spacial score (nSPS) is 14.0. The van der Waals surface area contributed by atoms with Crippen molar-refractivity contribution in [3.8, 4) is 0 Å². The van der Waals surface area contributed by atoms with Crippen molar-refractivity contribution in [2.75, 3.05) is 31.5 Å². The van der Waals surface area contributed by atoms with Crippen molar-refractivity contribution in [1.29, 1.82) is 0 Å². The van der Waals surface area contributed by atoms with Crippen LogP contribution < -0.4 is 36.6 Å². The third-order valence-corrected chi connectivity index (χ3v) is 13.1. The number of aromatic amines is 1. The molecule has 0 spiro atoms. The number of unbranched alkanes of at least 4 members (excludes halogenated alkanes) is 2. The fourth-order valence-corrected chi connectivity index (χ4v) is 8.73. The smallest absolute Gasteiger partial charge is 0.347 e. The minimum absolute atomic E-state index is 0.0491. The Labute approximate surface area is 439 Å². The van der Waals surface area contributed by atoms with Gasteiger partial charge >= 0.3 is 5.16 Å². The van der Waals surface area contributed by atoms with Gasteiger partial charge in [0.2, 0.25) is 29.5 Å². The number of imide groups is 1. The Kier molecular flexibility index (Phi) is 20.9. The van der Waals surface area contributed by atoms with Crippen LogP contribution in [0.25, 0.3) is 0 Å². The number of nitrogens with one attached hydrogen (secondary N) is 7. The Morgan fingerprint density at radius 2 is 1.58 bits per heavy atom. The molecule has 3 aromatic carbocycles. The molecule has 1 saturated carbocycles. The first-order valence-electron chi connectivity index (χ1n) is 24.2. The van der Waals surface area contributed by atoms with Gasteiger partial charge in [-0.05, 0) is 84.3 Å². The highest BCUT2D eigenvalue weighted by Crippen LogP contribution is 2.32. The van der Waals surface area contributed by atoms with Gasteiger partial charge in [0.25, 0.3) is 23.4 Å². The molecule has 0 saturated heterocycles. The second kappa shape index (κ2) is 28.1. The predicted octanol–water partition coefficient (Wildman–Crippen LogP) is 3.12. The van der Waals surface area contributed by atoms with E-state index in [0.29, 0.717) is 46.8 Å². The van der Waals surface area contributed by atoms with Crippen molar-refractivity contribution >= 4 is 76.2 Å². The number of aryl methyl sites for hydroxylation is 1. The molecule has 398 valence electrons. The number of H-pyrrole nitrogens is 1. The number of benzene rings is 3. The lowest BCUT2D eigenvalue weighted by Crippen LogP contribution is -2.52. The van der Waals surface area contributed by atoms with E-state index < -0.39 is 77.7 Å². The van der Waals surface area contributed by atoms with E-state index >= 15 is 4.39 Å². The van der Waals surface area contributed by atoms with Crippen molar-refractivity contribution in [3.05, 3.63) is 136 Å². The van der Waals surface area contributed by atoms with Gasteiger partial charge in [0.1, 0.15) is 11.1 Å². The molecular formula is C51H57FN13O10S+. The lowest BCUT2D eigenvalue weighted by molar-refractivity contribution is -0.765. The Morgan fingerprint density at radius 1 is 0.895 bits per heavy atom. The zero-order valence-corrected chi connectivity index (χ0v) is 42.3. The number of amidine groups is 1. The van der Waals surface area contributed by atoms with E-state index in [1.807, 2.05) is 0 Å². The Balaban J connectivity index is 1.01. The van der Waals surface area contributed by atoms with E-state index in [1.165, 1.54) is 35.0 Å². The van der Waals surface area contributed by atoms with Gasteiger partial charge in [-0.3, -0.25) is 58.4 Å². The molecule has 8 amide bonds. The average Bonchev–Trinajstić information content (AvgIpc) is 4.18. The van der Waals surface area contributed by atoms with Gasteiger partial charge in [-0.15, -0.1) is 0 Å². The number of tetrazole rings is 1. The summed E-state index contributed by atoms with van der Waals surface area (Å²) in [5.74, 6) is -5.91. The van der Waals surface area contributed by atoms with Gasteiger partial charge < -0.3 is 31.9 Å². The maximum absolute atomic E-state index is 16.2. The lowest BCUT2D eigenvalue weighted by Gasteiger charge is -2.19. The summed E-state index contributed by atoms with van der Waals surface area (Å²) in [6.07, 6.45) is 8.99. The number of halogens is 1. The number of aromatic nitrogens is 4. The molecule has 1 fully saturated rings. The number of allylic oxidation sites excluding steroid dienone is 2. The zero-order valence-electron chi connectivity index (χ0n) is 41.5. The van der Waals surface area contributed by atoms with Crippen LogP contribution in [0, 0.1) is 16.0 Å². The van der Waals surface area contributed by atoms with Crippen LogP contribution in [-0.4, -0.2) is 111 Å². The second-order valence-electron chi connectivity index (χ2n) is 17.6. The largest absolute Gasteiger partial charge is 0.364 e. The Hall–Kier alpha value is -8.74. The number of non-ortho nitro benzene ring substituents is 1. The third-order valence-electron chi connectivity index (χ3n) is 12.0. The zero-order chi connectivity index (χ0) is 54.6. The maximum Gasteiger partial charge on any atom is 0.364 e. The molecule has 25 heteroatoms. The fraction of sp³-hybridized carbons (Fsp3) is 0.333. The lowest BCUT2D eigenvalue weighted by atomic mass is 9.98. The van der Waals surface area contributed by atoms with Gasteiger partial charge in [-0.1, -0.05) is 73.5 Å². The van der Waals surface area contributed by atoms with Gasteiger partial charge in [0.05, 0.1) is 43.7 Å². The molecule has 7 N–H and O–H groups in total. The van der Waals surface area contributed by atoms with Crippen molar-refractivity contribution < 1.29 is 52.4 Å². The number of nitro groups is 1. The molecule has 0 unspecified atom stereocenters. The standard InChI is InChI=1S/C51H56FN13O10S/c1-32(35-13-8-9-14-35)25-39(52)48(59-49(72)38-27-37(65(74)75)20-21-41(38)76-51-60-61-62-63(51)2)55-28-34-16-18-36(19-17-34)57-44(68)31-56-50(73)40(26-33-11-5-3-6-12-33)58-45(69)30-54-43(67)29-53-42(66)15-7-4-10-24-64-46(70)22-23-47(64)71/h3,5-6,11-12,16-23,25,27,35,40H,1,4,7-10,13-15,24,26,28-31H2,2H3,(H6,53,54,55,56,57,58,59,66,67,68,69,72,73)/p+1/b39-25+/t40-/m0/s1. The minimum atomic E-state index is -1.15. The summed E-state index contributed by atoms with van der Waals surface area (Å²) >= 11 is 1.01. The summed E-state index contributed by atoms with van der Waals surface area (Å²) in [6, 6.07) is 17.7. The highest BCUT2D eigenvalue weighted by atomic mass is 32.2. The van der Waals surface area contributed by atoms with Crippen LogP contribution in [0.5, 0.6) is 0 Å². The number of amides is 8. The van der Waals surface area contributed by atoms with Gasteiger partial charge in [0, 0.05) is 54.3 Å². The van der Waals surface area contributed by atoms with Crippen LogP contribution in [-0.2, 0) is 53.6 Å². The molecule has 0 bridgehead atoms. The molecule has 6 rings (SSSR count). The number of hydrogen-bond acceptors (Lipinski definition) is 14. The highest BCUT2D eigenvalue weighted by Gasteiger charge is 2.26. The molecule has 1 aliphatic carbocycles. The average molecular weight is 1060 g/mol. The molecule has 1 aliphatic heterocycles. The van der Waals surface area contributed by atoms with E-state index in [0.717, 1.165) is 48.4 Å². The van der Waals surface area contributed by atoms with E-state index in [1.54, 1.807) is 61.6 Å². The van der Waals surface area contributed by atoms with E-state index in [2.05, 4.69) is 59.0 Å². The Bertz CT molecular complexity index is 2900. The number of nitro benzene ring substituents is 1. The van der Waals surface area contributed by atoms with E-state index in [4.69, 9.17) is 0 Å². The first kappa shape index (κ1) is 56.6. The number of anilines is 1. The van der Waals surface area contributed by atoms with Crippen LogP contribution in [0.1, 0.15) is 72.9 Å². The molecular weight excluding hydrogens is 1010 g/mol. The van der Waals surface area contributed by atoms with Crippen LogP contribution in [0.3, 0.4) is 0 Å². The third kappa shape index (κ3) is 17.5. The van der Waals surface area contributed by atoms with Gasteiger partial charge in [-0.2, -0.15) is 4.68 Å². The molecule has 76 heavy (non-hydrogen) atoms. The summed E-state index contributed by atoms with van der Waals surface area (Å²) < 4.78 is 17.6. The van der Waals surface area contributed by atoms with Crippen molar-refractivity contribution in [3.63, 3.8) is 0 Å². The summed E-state index contributed by atoms with van der Waals surface area (Å²) in [5.41, 5.74) is 1.60. The van der Waals surface area contributed by atoms with Crippen LogP contribution in [0.2, 0.25) is 0 Å². The molecule has 1 aromatic heterocycles. The minimum Gasteiger partial charge on any atom is -0.347 e. The first-order chi connectivity index (χ1) is 36.5. The molecule has 4 aromatic rings. The molecule has 2 heterocycles. The summed E-state index contributed by atoms with van der Waals surface area (Å²) in [7, 11) is 1.63. The van der Waals surface area contributed by atoms with Crippen molar-refractivity contribution in [1.82, 2.24) is 47.0 Å². The van der Waals surface area contributed by atoms with Crippen LogP contribution in [0.4, 0.5) is 15.8 Å². The van der Waals surface area contributed by atoms with Crippen LogP contribution in [0.15, 0.2) is 124 Å². The highest BCUT2D eigenvalue weighted by molar-refractivity contribution is 7.99. The number of carbonyl (C=O) groups excluding carboxylic acids is 8. The van der Waals surface area contributed by atoms with Gasteiger partial charge in [-0.25, -0.2) is 4.39 Å². The Morgan fingerprint density at radius 3 is 2.26 bits per heavy atom. The maximum atomic E-state index is 16.2. The predicted molar refractivity (Wildman–Crippen MR) is 274 cm³/mol. The van der Waals surface area contributed by atoms with Gasteiger partial charge in [0.15, 0.2) is 16.9 Å². The van der Waals surface area contributed by atoms with Crippen molar-refractivity contribution in [2.24, 2.45) is 18.0 Å². The summed E-state index contributed by atoms with van der Waals surface area (Å²) in [4.78, 5) is 118. The SMILES string of the molecule is C=C(/C=C(/F)C(=NCc1ccc(NC(=O)CNC(=O)[C@H](Cc2ccccc2)NC(=O)CNC(=O)CNC(=O)CCCCCN2C(=O)C=CC2=O)cc1)NC(=O)c1cc([N+](=O)[O-])ccc1Sc1nn[nH][n+]1C)C1CCCC1. The number of nitrogens with zero attached hydrogens (tertiary/aromatic N) is 6. The topological polar surface area (TPSA) is 313 Å². The second-order valence-corrected chi connectivity index (χ2v) is 18.7. The summed E-state index contributed by atoms with van der Waals surface area (Å²) in [6.45, 7) is 2.76. The van der Waals surface area contributed by atoms with E-state index in [-0.39, 0.29) is 59.8 Å². The van der Waals surface area contributed by atoms with E-state index in [9.17, 15) is 48.5 Å². The number of rotatable bonds is 26. The fourth-order valence-electron chi connectivity index (χ4n) is 7.88. The number of hydrogen-bond donors (Lipinski definition) is 7. The van der Waals surface area contributed by atoms with Crippen LogP contribution >= 0.6 is 11.8 Å². The number of aliphatic imine (C=N–C) groups is 1. The molecule has 0 radical (unpaired) electrons. The number of carbonyl (C=O) groups is 8. The molecule has 2 aliphatic rings. The monoisotopic (exact) mass is 1060 g/mol. The quantitative estimate of drug-likeness (QED) is 0.00696. The molecule has 1 atom stereocenters. The van der Waals surface area contributed by atoms with Crippen molar-refractivity contribution in [2.45, 2.75) is 80.4 Å². The first-order valence-corrected chi connectivity index (χ1v) is 25.1. The molecule has 23 nitrogen and oxygen atoms in total.